The van der Waals surface area contributed by atoms with Gasteiger partial charge in [0.05, 0.1) is 18.5 Å². The number of amides is 1. The Morgan fingerprint density at radius 3 is 2.82 bits per heavy atom. The van der Waals surface area contributed by atoms with E-state index in [1.807, 2.05) is 54.5 Å². The van der Waals surface area contributed by atoms with Crippen LogP contribution in [-0.4, -0.2) is 22.6 Å². The second kappa shape index (κ2) is 11.7. The minimum atomic E-state index is -0.122. The summed E-state index contributed by atoms with van der Waals surface area (Å²) >= 11 is 1.84. The minimum absolute atomic E-state index is 0.122. The van der Waals surface area contributed by atoms with E-state index in [4.69, 9.17) is 4.74 Å². The summed E-state index contributed by atoms with van der Waals surface area (Å²) in [6.07, 6.45) is 15.7. The van der Waals surface area contributed by atoms with Gasteiger partial charge in [0.15, 0.2) is 0 Å². The fourth-order valence-corrected chi connectivity index (χ4v) is 5.41. The fraction of sp³-hybridized carbons (Fsp3) is 0.286. The molecule has 2 aromatic heterocycles. The van der Waals surface area contributed by atoms with Crippen molar-refractivity contribution in [1.29, 1.82) is 0 Å². The Balaban J connectivity index is 1.43. The third-order valence-electron chi connectivity index (χ3n) is 5.94. The van der Waals surface area contributed by atoms with E-state index in [2.05, 4.69) is 46.1 Å². The van der Waals surface area contributed by atoms with Crippen molar-refractivity contribution in [2.24, 2.45) is 0 Å². The number of benzene rings is 1. The topological polar surface area (TPSA) is 56.2 Å². The third-order valence-corrected chi connectivity index (χ3v) is 7.19. The van der Waals surface area contributed by atoms with E-state index in [0.717, 1.165) is 41.3 Å². The maximum absolute atomic E-state index is 12.7. The Bertz CT molecular complexity index is 1150. The molecule has 0 saturated carbocycles. The molecule has 0 radical (unpaired) electrons. The number of carbonyl (C=O) groups is 1. The predicted octanol–water partition coefficient (Wildman–Crippen LogP) is 6.84. The summed E-state index contributed by atoms with van der Waals surface area (Å²) < 4.78 is 7.50. The highest BCUT2D eigenvalue weighted by Crippen LogP contribution is 2.43. The lowest BCUT2D eigenvalue weighted by Crippen LogP contribution is -2.09. The first-order valence-corrected chi connectivity index (χ1v) is 12.8. The van der Waals surface area contributed by atoms with Crippen LogP contribution < -0.4 is 10.1 Å². The van der Waals surface area contributed by atoms with E-state index in [1.54, 1.807) is 19.4 Å². The van der Waals surface area contributed by atoms with Crippen LogP contribution in [0.5, 0.6) is 5.75 Å². The maximum atomic E-state index is 12.7. The number of hydrogen-bond donors (Lipinski definition) is 1. The van der Waals surface area contributed by atoms with Crippen LogP contribution in [0.3, 0.4) is 0 Å². The third kappa shape index (κ3) is 5.81. The van der Waals surface area contributed by atoms with Gasteiger partial charge in [0.25, 0.3) is 0 Å². The molecule has 0 spiro atoms. The fourth-order valence-electron chi connectivity index (χ4n) is 4.10. The first kappa shape index (κ1) is 23.9. The molecule has 1 N–H and O–H groups in total. The summed E-state index contributed by atoms with van der Waals surface area (Å²) in [6.45, 7) is 2.21. The first-order chi connectivity index (χ1) is 16.7. The van der Waals surface area contributed by atoms with E-state index in [1.165, 1.54) is 24.0 Å². The van der Waals surface area contributed by atoms with Crippen molar-refractivity contribution in [1.82, 2.24) is 9.55 Å². The number of hydrogen-bond acceptors (Lipinski definition) is 4. The second-order valence-corrected chi connectivity index (χ2v) is 9.33. The number of thioether (sulfide) groups is 1. The zero-order valence-corrected chi connectivity index (χ0v) is 20.6. The molecule has 3 aromatic rings. The van der Waals surface area contributed by atoms with Crippen molar-refractivity contribution in [2.45, 2.75) is 43.7 Å². The molecule has 1 unspecified atom stereocenters. The van der Waals surface area contributed by atoms with Gasteiger partial charge in [-0.25, -0.2) is 0 Å². The van der Waals surface area contributed by atoms with Crippen molar-refractivity contribution < 1.29 is 9.53 Å². The molecule has 5 nitrogen and oxygen atoms in total. The monoisotopic (exact) mass is 473 g/mol. The van der Waals surface area contributed by atoms with Gasteiger partial charge in [0.1, 0.15) is 11.1 Å². The van der Waals surface area contributed by atoms with Gasteiger partial charge in [-0.15, -0.1) is 11.8 Å². The number of ether oxygens (including phenoxy) is 1. The summed E-state index contributed by atoms with van der Waals surface area (Å²) in [5.74, 6) is 1.57. The number of carbonyl (C=O) groups excluding carboxylic acids is 1. The largest absolute Gasteiger partial charge is 0.497 e. The van der Waals surface area contributed by atoms with Crippen LogP contribution in [-0.2, 0) is 10.5 Å². The highest BCUT2D eigenvalue weighted by Gasteiger charge is 2.26. The standard InChI is InChI=1S/C28H31N3O2S/c1-3-4-5-8-21(22-12-14-24(33-2)15-13-22)9-6-11-27(32)30-25-16-18-31-26(25)20-34-28(31)23-10-7-17-29-19-23/h6-7,9-19,28H,3-5,8,20H2,1-2H3,(H,30,32)/b11-6+,21-9+. The SMILES string of the molecule is CCCCC/C(=C\C=C\C(=O)Nc1ccn2c1CSC2c1cccnc1)c1ccc(OC)cc1. The molecule has 3 heterocycles. The van der Waals surface area contributed by atoms with Crippen molar-refractivity contribution in [3.63, 3.8) is 0 Å². The van der Waals surface area contributed by atoms with Crippen molar-refractivity contribution >= 4 is 28.9 Å². The predicted molar refractivity (Wildman–Crippen MR) is 141 cm³/mol. The average Bonchev–Trinajstić information content (AvgIpc) is 3.47. The molecule has 1 amide bonds. The van der Waals surface area contributed by atoms with Crippen LogP contribution in [0.4, 0.5) is 5.69 Å². The number of aromatic nitrogens is 2. The molecule has 1 aliphatic heterocycles. The lowest BCUT2D eigenvalue weighted by Gasteiger charge is -2.11. The molecule has 0 aliphatic carbocycles. The van der Waals surface area contributed by atoms with Gasteiger partial charge in [-0.2, -0.15) is 0 Å². The zero-order chi connectivity index (χ0) is 23.8. The molecule has 1 aliphatic rings. The number of rotatable bonds is 10. The molecule has 0 bridgehead atoms. The molecule has 4 rings (SSSR count). The number of nitrogens with zero attached hydrogens (tertiary/aromatic N) is 2. The first-order valence-electron chi connectivity index (χ1n) is 11.7. The van der Waals surface area contributed by atoms with Crippen LogP contribution in [0.15, 0.2) is 79.3 Å². The van der Waals surface area contributed by atoms with Crippen LogP contribution in [0.1, 0.15) is 54.8 Å². The Kier molecular flexibility index (Phi) is 8.26. The highest BCUT2D eigenvalue weighted by atomic mass is 32.2. The van der Waals surface area contributed by atoms with Crippen molar-refractivity contribution in [3.05, 3.63) is 96.1 Å². The van der Waals surface area contributed by atoms with E-state index < -0.39 is 0 Å². The van der Waals surface area contributed by atoms with Crippen LogP contribution in [0.25, 0.3) is 5.57 Å². The van der Waals surface area contributed by atoms with E-state index in [0.29, 0.717) is 0 Å². The maximum Gasteiger partial charge on any atom is 0.248 e. The van der Waals surface area contributed by atoms with Gasteiger partial charge < -0.3 is 14.6 Å². The van der Waals surface area contributed by atoms with E-state index in [-0.39, 0.29) is 11.3 Å². The number of allylic oxidation sites excluding steroid dienone is 3. The number of pyridine rings is 1. The summed E-state index contributed by atoms with van der Waals surface area (Å²) in [7, 11) is 1.67. The summed E-state index contributed by atoms with van der Waals surface area (Å²) in [6, 6.07) is 14.1. The lowest BCUT2D eigenvalue weighted by molar-refractivity contribution is -0.111. The van der Waals surface area contributed by atoms with E-state index >= 15 is 0 Å². The molecule has 34 heavy (non-hydrogen) atoms. The molecule has 1 atom stereocenters. The van der Waals surface area contributed by atoms with Crippen molar-refractivity contribution in [2.75, 3.05) is 12.4 Å². The lowest BCUT2D eigenvalue weighted by atomic mass is 9.99. The molecular formula is C28H31N3O2S. The van der Waals surface area contributed by atoms with Gasteiger partial charge in [-0.3, -0.25) is 9.78 Å². The highest BCUT2D eigenvalue weighted by molar-refractivity contribution is 7.99. The van der Waals surface area contributed by atoms with E-state index in [9.17, 15) is 4.79 Å². The molecule has 0 fully saturated rings. The quantitative estimate of drug-likeness (QED) is 0.199. The minimum Gasteiger partial charge on any atom is -0.497 e. The van der Waals surface area contributed by atoms with Crippen molar-refractivity contribution in [3.8, 4) is 5.75 Å². The Labute approximate surface area is 205 Å². The Morgan fingerprint density at radius 1 is 1.24 bits per heavy atom. The van der Waals surface area contributed by atoms with Crippen LogP contribution >= 0.6 is 11.8 Å². The second-order valence-electron chi connectivity index (χ2n) is 8.26. The summed E-state index contributed by atoms with van der Waals surface area (Å²) in [5.41, 5.74) is 5.55. The Morgan fingerprint density at radius 2 is 2.09 bits per heavy atom. The molecule has 176 valence electrons. The van der Waals surface area contributed by atoms with Gasteiger partial charge in [0, 0.05) is 36.0 Å². The average molecular weight is 474 g/mol. The number of nitrogens with one attached hydrogen (secondary N) is 1. The number of anilines is 1. The summed E-state index contributed by atoms with van der Waals surface area (Å²) in [4.78, 5) is 16.9. The molecule has 1 aromatic carbocycles. The zero-order valence-electron chi connectivity index (χ0n) is 19.7. The number of methoxy groups -OCH3 is 1. The van der Waals surface area contributed by atoms with Gasteiger partial charge in [-0.05, 0) is 48.2 Å². The summed E-state index contributed by atoms with van der Waals surface area (Å²) in [5, 5.41) is 3.25. The molecule has 6 heteroatoms. The smallest absolute Gasteiger partial charge is 0.248 e. The van der Waals surface area contributed by atoms with Gasteiger partial charge in [-0.1, -0.05) is 50.1 Å². The molecule has 0 saturated heterocycles. The normalized spacial score (nSPS) is 15.5. The van der Waals surface area contributed by atoms with Crippen LogP contribution in [0, 0.1) is 0 Å². The van der Waals surface area contributed by atoms with Gasteiger partial charge in [0.2, 0.25) is 5.91 Å². The van der Waals surface area contributed by atoms with Crippen LogP contribution in [0.2, 0.25) is 0 Å². The number of unbranched alkanes of at least 4 members (excludes halogenated alkanes) is 2. The Hall–Kier alpha value is -3.25. The molecular weight excluding hydrogens is 442 g/mol. The van der Waals surface area contributed by atoms with Gasteiger partial charge >= 0.3 is 0 Å². The number of fused-ring (bicyclic) bond motifs is 1.